The number of sulfonamides is 1. The van der Waals surface area contributed by atoms with Crippen LogP contribution in [-0.2, 0) is 14.8 Å². The van der Waals surface area contributed by atoms with Crippen molar-refractivity contribution in [2.45, 2.75) is 68.7 Å². The van der Waals surface area contributed by atoms with Crippen LogP contribution in [0, 0.1) is 5.92 Å². The third-order valence-corrected chi connectivity index (χ3v) is 7.62. The van der Waals surface area contributed by atoms with Gasteiger partial charge in [0.1, 0.15) is 10.6 Å². The molecule has 0 bridgehead atoms. The van der Waals surface area contributed by atoms with Crippen molar-refractivity contribution >= 4 is 21.8 Å². The molecular weight excluding hydrogens is 418 g/mol. The van der Waals surface area contributed by atoms with Crippen LogP contribution in [0.2, 0.25) is 0 Å². The topological polar surface area (TPSA) is 114 Å². The Bertz CT molecular complexity index is 875. The predicted molar refractivity (Wildman–Crippen MR) is 117 cm³/mol. The lowest BCUT2D eigenvalue weighted by Gasteiger charge is -2.20. The zero-order chi connectivity index (χ0) is 22.3. The molecule has 0 heterocycles. The maximum absolute atomic E-state index is 12.9. The molecule has 0 atom stereocenters. The summed E-state index contributed by atoms with van der Waals surface area (Å²) in [5, 5.41) is 5.61. The summed E-state index contributed by atoms with van der Waals surface area (Å²) < 4.78 is 33.7. The lowest BCUT2D eigenvalue weighted by atomic mass is 9.89. The molecule has 31 heavy (non-hydrogen) atoms. The molecule has 172 valence electrons. The highest BCUT2D eigenvalue weighted by Crippen LogP contribution is 2.27. The Hall–Kier alpha value is -2.13. The Labute approximate surface area is 184 Å². The molecule has 0 saturated heterocycles. The number of amides is 2. The standard InChI is InChI=1S/C22H33N3O5S/c1-30-19-12-11-17(15-20(19)31(28,29)25-18-9-5-6-10-18)22(27)24-14-13-23-21(26)16-7-3-2-4-8-16/h11-12,15-16,18,25H,2-10,13-14H2,1H3,(H,23,26)(H,24,27). The Kier molecular flexibility index (Phi) is 8.31. The van der Waals surface area contributed by atoms with Gasteiger partial charge in [-0.05, 0) is 43.9 Å². The minimum atomic E-state index is -3.80. The molecule has 2 saturated carbocycles. The fourth-order valence-corrected chi connectivity index (χ4v) is 5.83. The summed E-state index contributed by atoms with van der Waals surface area (Å²) in [6.45, 7) is 0.608. The minimum absolute atomic E-state index is 0.0415. The average molecular weight is 452 g/mol. The molecule has 2 aliphatic carbocycles. The van der Waals surface area contributed by atoms with E-state index in [0.717, 1.165) is 51.4 Å². The number of benzene rings is 1. The summed E-state index contributed by atoms with van der Waals surface area (Å²) in [6, 6.07) is 4.28. The van der Waals surface area contributed by atoms with E-state index in [9.17, 15) is 18.0 Å². The third-order valence-electron chi connectivity index (χ3n) is 6.08. The fraction of sp³-hybridized carbons (Fsp3) is 0.636. The van der Waals surface area contributed by atoms with Crippen LogP contribution in [-0.4, -0.2) is 46.5 Å². The van der Waals surface area contributed by atoms with Gasteiger partial charge >= 0.3 is 0 Å². The highest BCUT2D eigenvalue weighted by atomic mass is 32.2. The second-order valence-electron chi connectivity index (χ2n) is 8.35. The SMILES string of the molecule is COc1ccc(C(=O)NCCNC(=O)C2CCCCC2)cc1S(=O)(=O)NC1CCCC1. The zero-order valence-corrected chi connectivity index (χ0v) is 18.9. The van der Waals surface area contributed by atoms with Gasteiger partial charge in [0.05, 0.1) is 7.11 Å². The van der Waals surface area contributed by atoms with Gasteiger partial charge in [-0.3, -0.25) is 9.59 Å². The number of ether oxygens (including phenoxy) is 1. The first-order chi connectivity index (χ1) is 14.9. The van der Waals surface area contributed by atoms with Crippen LogP contribution in [0.3, 0.4) is 0 Å². The lowest BCUT2D eigenvalue weighted by molar-refractivity contribution is -0.125. The van der Waals surface area contributed by atoms with E-state index < -0.39 is 15.9 Å². The quantitative estimate of drug-likeness (QED) is 0.499. The predicted octanol–water partition coefficient (Wildman–Crippen LogP) is 2.34. The van der Waals surface area contributed by atoms with E-state index in [1.807, 2.05) is 0 Å². The molecule has 0 unspecified atom stereocenters. The molecule has 1 aromatic carbocycles. The van der Waals surface area contributed by atoms with E-state index in [1.165, 1.54) is 31.7 Å². The fourth-order valence-electron chi connectivity index (χ4n) is 4.33. The summed E-state index contributed by atoms with van der Waals surface area (Å²) in [5.41, 5.74) is 0.228. The van der Waals surface area contributed by atoms with Crippen molar-refractivity contribution in [2.24, 2.45) is 5.92 Å². The number of hydrogen-bond acceptors (Lipinski definition) is 5. The van der Waals surface area contributed by atoms with Crippen molar-refractivity contribution < 1.29 is 22.7 Å². The van der Waals surface area contributed by atoms with E-state index in [1.54, 1.807) is 0 Å². The van der Waals surface area contributed by atoms with Gasteiger partial charge in [0.25, 0.3) is 5.91 Å². The Morgan fingerprint density at radius 2 is 1.61 bits per heavy atom. The second-order valence-corrected chi connectivity index (χ2v) is 10.0. The highest BCUT2D eigenvalue weighted by molar-refractivity contribution is 7.89. The van der Waals surface area contributed by atoms with Crippen molar-refractivity contribution in [3.05, 3.63) is 23.8 Å². The van der Waals surface area contributed by atoms with Gasteiger partial charge in [-0.25, -0.2) is 13.1 Å². The van der Waals surface area contributed by atoms with Crippen molar-refractivity contribution in [1.29, 1.82) is 0 Å². The second kappa shape index (κ2) is 10.9. The van der Waals surface area contributed by atoms with Gasteiger partial charge in [0.2, 0.25) is 15.9 Å². The molecule has 9 heteroatoms. The van der Waals surface area contributed by atoms with Gasteiger partial charge in [0, 0.05) is 30.6 Å². The molecule has 2 aliphatic rings. The highest BCUT2D eigenvalue weighted by Gasteiger charge is 2.26. The number of carbonyl (C=O) groups excluding carboxylic acids is 2. The lowest BCUT2D eigenvalue weighted by Crippen LogP contribution is -2.38. The van der Waals surface area contributed by atoms with Crippen LogP contribution in [0.5, 0.6) is 5.75 Å². The number of carbonyl (C=O) groups is 2. The molecule has 8 nitrogen and oxygen atoms in total. The molecule has 0 aromatic heterocycles. The first-order valence-electron chi connectivity index (χ1n) is 11.2. The largest absolute Gasteiger partial charge is 0.495 e. The van der Waals surface area contributed by atoms with Crippen LogP contribution in [0.15, 0.2) is 23.1 Å². The molecule has 1 aromatic rings. The van der Waals surface area contributed by atoms with E-state index in [4.69, 9.17) is 4.74 Å². The normalized spacial score (nSPS) is 18.0. The van der Waals surface area contributed by atoms with Crippen molar-refractivity contribution in [3.8, 4) is 5.75 Å². The van der Waals surface area contributed by atoms with Gasteiger partial charge in [-0.15, -0.1) is 0 Å². The summed E-state index contributed by atoms with van der Waals surface area (Å²) in [4.78, 5) is 24.7. The smallest absolute Gasteiger partial charge is 0.251 e. The third kappa shape index (κ3) is 6.43. The number of methoxy groups -OCH3 is 1. The van der Waals surface area contributed by atoms with E-state index in [-0.39, 0.29) is 40.6 Å². The van der Waals surface area contributed by atoms with E-state index in [2.05, 4.69) is 15.4 Å². The molecular formula is C22H33N3O5S. The minimum Gasteiger partial charge on any atom is -0.495 e. The van der Waals surface area contributed by atoms with Crippen LogP contribution in [0.25, 0.3) is 0 Å². The Balaban J connectivity index is 1.56. The molecule has 3 rings (SSSR count). The van der Waals surface area contributed by atoms with Gasteiger partial charge in [-0.1, -0.05) is 32.1 Å². The number of hydrogen-bond donors (Lipinski definition) is 3. The van der Waals surface area contributed by atoms with E-state index >= 15 is 0 Å². The summed E-state index contributed by atoms with van der Waals surface area (Å²) in [5.74, 6) is -0.0791. The summed E-state index contributed by atoms with van der Waals surface area (Å²) >= 11 is 0. The Morgan fingerprint density at radius 1 is 0.968 bits per heavy atom. The first-order valence-corrected chi connectivity index (χ1v) is 12.7. The molecule has 2 fully saturated rings. The maximum Gasteiger partial charge on any atom is 0.251 e. The number of nitrogens with one attached hydrogen (secondary N) is 3. The molecule has 0 aliphatic heterocycles. The van der Waals surface area contributed by atoms with E-state index in [0.29, 0.717) is 6.54 Å². The van der Waals surface area contributed by atoms with Crippen LogP contribution < -0.4 is 20.1 Å². The van der Waals surface area contributed by atoms with Crippen molar-refractivity contribution in [2.75, 3.05) is 20.2 Å². The summed E-state index contributed by atoms with van der Waals surface area (Å²) in [6.07, 6.45) is 8.86. The monoisotopic (exact) mass is 451 g/mol. The van der Waals surface area contributed by atoms with Crippen LogP contribution in [0.4, 0.5) is 0 Å². The molecule has 3 N–H and O–H groups in total. The Morgan fingerprint density at radius 3 is 2.29 bits per heavy atom. The summed E-state index contributed by atoms with van der Waals surface area (Å²) in [7, 11) is -2.40. The van der Waals surface area contributed by atoms with Crippen LogP contribution in [0.1, 0.15) is 68.1 Å². The van der Waals surface area contributed by atoms with Gasteiger partial charge in [0.15, 0.2) is 0 Å². The molecule has 0 radical (unpaired) electrons. The molecule has 2 amide bonds. The van der Waals surface area contributed by atoms with Gasteiger partial charge in [-0.2, -0.15) is 0 Å². The average Bonchev–Trinajstić information content (AvgIpc) is 3.28. The van der Waals surface area contributed by atoms with Crippen molar-refractivity contribution in [1.82, 2.24) is 15.4 Å². The van der Waals surface area contributed by atoms with Crippen LogP contribution >= 0.6 is 0 Å². The van der Waals surface area contributed by atoms with Gasteiger partial charge < -0.3 is 15.4 Å². The zero-order valence-electron chi connectivity index (χ0n) is 18.1. The molecule has 0 spiro atoms. The number of rotatable bonds is 9. The maximum atomic E-state index is 12.9. The van der Waals surface area contributed by atoms with Crippen molar-refractivity contribution in [3.63, 3.8) is 0 Å². The first kappa shape index (κ1) is 23.5.